The lowest BCUT2D eigenvalue weighted by molar-refractivity contribution is 0.511. The van der Waals surface area contributed by atoms with E-state index < -0.39 is 0 Å². The maximum Gasteiger partial charge on any atom is 0.269 e. The zero-order chi connectivity index (χ0) is 8.59. The summed E-state index contributed by atoms with van der Waals surface area (Å²) in [5.74, 6) is 0. The number of hydrogen-bond acceptors (Lipinski definition) is 1. The van der Waals surface area contributed by atoms with E-state index in [-0.39, 0.29) is 5.56 Å². The Bertz CT molecular complexity index is 320. The minimum atomic E-state index is 0.115. The van der Waals surface area contributed by atoms with Gasteiger partial charge in [-0.2, -0.15) is 0 Å². The van der Waals surface area contributed by atoms with Crippen molar-refractivity contribution < 1.29 is 0 Å². The van der Waals surface area contributed by atoms with Crippen molar-refractivity contribution in [1.29, 1.82) is 0 Å². The van der Waals surface area contributed by atoms with Gasteiger partial charge in [0.2, 0.25) is 0 Å². The lowest BCUT2D eigenvalue weighted by Crippen LogP contribution is -2.19. The Morgan fingerprint density at radius 1 is 1.36 bits per heavy atom. The van der Waals surface area contributed by atoms with Crippen molar-refractivity contribution in [3.8, 4) is 0 Å². The van der Waals surface area contributed by atoms with Crippen molar-refractivity contribution in [3.05, 3.63) is 21.6 Å². The molecule has 0 amide bonds. The molecule has 1 aromatic heterocycles. The molecule has 0 fully saturated rings. The molecule has 1 rings (SSSR count). The monoisotopic (exact) mass is 154 g/mol. The molecule has 0 aliphatic rings. The van der Waals surface area contributed by atoms with Crippen LogP contribution in [-0.4, -0.2) is 9.36 Å². The van der Waals surface area contributed by atoms with Crippen LogP contribution >= 0.6 is 0 Å². The van der Waals surface area contributed by atoms with Gasteiger partial charge in [-0.15, -0.1) is 0 Å². The second-order valence-corrected chi connectivity index (χ2v) is 2.75. The Kier molecular flexibility index (Phi) is 1.89. The van der Waals surface area contributed by atoms with Crippen molar-refractivity contribution in [3.63, 3.8) is 0 Å². The molecule has 3 heteroatoms. The van der Waals surface area contributed by atoms with Crippen LogP contribution in [0.1, 0.15) is 18.2 Å². The lowest BCUT2D eigenvalue weighted by atomic mass is 10.3. The van der Waals surface area contributed by atoms with Gasteiger partial charge in [0.05, 0.1) is 0 Å². The summed E-state index contributed by atoms with van der Waals surface area (Å²) in [4.78, 5) is 11.3. The predicted octanol–water partition coefficient (Wildman–Crippen LogP) is 0.824. The molecule has 0 atom stereocenters. The standard InChI is InChI=1S/C8H14N2O/c1-5-10-7(3)6(2)8(11)9(10)4/h5H2,1-4H3. The van der Waals surface area contributed by atoms with E-state index in [0.29, 0.717) is 0 Å². The topological polar surface area (TPSA) is 26.9 Å². The van der Waals surface area contributed by atoms with Gasteiger partial charge in [-0.05, 0) is 20.8 Å². The van der Waals surface area contributed by atoms with Gasteiger partial charge in [-0.3, -0.25) is 14.2 Å². The first-order chi connectivity index (χ1) is 5.09. The Morgan fingerprint density at radius 3 is 2.09 bits per heavy atom. The molecule has 1 heterocycles. The van der Waals surface area contributed by atoms with Crippen molar-refractivity contribution in [1.82, 2.24) is 9.36 Å². The molecule has 0 bridgehead atoms. The summed E-state index contributed by atoms with van der Waals surface area (Å²) in [5, 5.41) is 0. The zero-order valence-electron chi connectivity index (χ0n) is 7.51. The van der Waals surface area contributed by atoms with Crippen LogP contribution in [0.15, 0.2) is 4.79 Å². The number of rotatable bonds is 1. The van der Waals surface area contributed by atoms with E-state index in [0.717, 1.165) is 17.8 Å². The first kappa shape index (κ1) is 8.11. The third-order valence-electron chi connectivity index (χ3n) is 2.21. The summed E-state index contributed by atoms with van der Waals surface area (Å²) < 4.78 is 3.63. The van der Waals surface area contributed by atoms with Crippen LogP contribution in [-0.2, 0) is 13.6 Å². The SMILES string of the molecule is CCn1c(C)c(C)c(=O)n1C. The van der Waals surface area contributed by atoms with Gasteiger partial charge in [0.1, 0.15) is 0 Å². The molecule has 62 valence electrons. The van der Waals surface area contributed by atoms with Crippen LogP contribution < -0.4 is 5.56 Å². The third kappa shape index (κ3) is 1.00. The van der Waals surface area contributed by atoms with Crippen molar-refractivity contribution in [2.45, 2.75) is 27.3 Å². The highest BCUT2D eigenvalue weighted by atomic mass is 16.1. The zero-order valence-corrected chi connectivity index (χ0v) is 7.51. The molecule has 0 unspecified atom stereocenters. The fourth-order valence-electron chi connectivity index (χ4n) is 1.37. The minimum Gasteiger partial charge on any atom is -0.287 e. The average molecular weight is 154 g/mol. The van der Waals surface area contributed by atoms with E-state index in [2.05, 4.69) is 0 Å². The molecule has 0 spiro atoms. The van der Waals surface area contributed by atoms with Crippen LogP contribution in [0, 0.1) is 13.8 Å². The van der Waals surface area contributed by atoms with Crippen LogP contribution in [0.2, 0.25) is 0 Å². The normalized spacial score (nSPS) is 10.5. The van der Waals surface area contributed by atoms with Gasteiger partial charge in [-0.25, -0.2) is 0 Å². The molecular formula is C8H14N2O. The van der Waals surface area contributed by atoms with Gasteiger partial charge in [0.15, 0.2) is 0 Å². The Labute approximate surface area is 66.2 Å². The van der Waals surface area contributed by atoms with Gasteiger partial charge in [0.25, 0.3) is 5.56 Å². The fraction of sp³-hybridized carbons (Fsp3) is 0.625. The molecule has 0 N–H and O–H groups in total. The molecule has 11 heavy (non-hydrogen) atoms. The quantitative estimate of drug-likeness (QED) is 0.588. The molecule has 0 aliphatic heterocycles. The third-order valence-corrected chi connectivity index (χ3v) is 2.21. The van der Waals surface area contributed by atoms with E-state index in [1.807, 2.05) is 25.5 Å². The van der Waals surface area contributed by atoms with E-state index in [1.165, 1.54) is 0 Å². The molecule has 1 aromatic rings. The van der Waals surface area contributed by atoms with Crippen LogP contribution in [0.5, 0.6) is 0 Å². The first-order valence-electron chi connectivity index (χ1n) is 3.82. The van der Waals surface area contributed by atoms with E-state index in [1.54, 1.807) is 11.7 Å². The van der Waals surface area contributed by atoms with E-state index in [9.17, 15) is 4.79 Å². The molecule has 0 radical (unpaired) electrons. The lowest BCUT2D eigenvalue weighted by Gasteiger charge is -2.04. The molecule has 0 saturated heterocycles. The fourth-order valence-corrected chi connectivity index (χ4v) is 1.37. The van der Waals surface area contributed by atoms with Gasteiger partial charge < -0.3 is 0 Å². The largest absolute Gasteiger partial charge is 0.287 e. The summed E-state index contributed by atoms with van der Waals surface area (Å²) in [6.45, 7) is 6.72. The highest BCUT2D eigenvalue weighted by molar-refractivity contribution is 5.14. The average Bonchev–Trinajstić information content (AvgIpc) is 2.17. The van der Waals surface area contributed by atoms with Gasteiger partial charge in [0, 0.05) is 24.8 Å². The smallest absolute Gasteiger partial charge is 0.269 e. The van der Waals surface area contributed by atoms with Crippen LogP contribution in [0.25, 0.3) is 0 Å². The van der Waals surface area contributed by atoms with Gasteiger partial charge in [-0.1, -0.05) is 0 Å². The highest BCUT2D eigenvalue weighted by Crippen LogP contribution is 2.00. The number of hydrogen-bond donors (Lipinski definition) is 0. The maximum absolute atomic E-state index is 11.3. The van der Waals surface area contributed by atoms with Crippen LogP contribution in [0.4, 0.5) is 0 Å². The van der Waals surface area contributed by atoms with E-state index in [4.69, 9.17) is 0 Å². The molecule has 0 saturated carbocycles. The summed E-state index contributed by atoms with van der Waals surface area (Å²) >= 11 is 0. The van der Waals surface area contributed by atoms with Crippen molar-refractivity contribution in [2.75, 3.05) is 0 Å². The predicted molar refractivity (Wildman–Crippen MR) is 44.8 cm³/mol. The second kappa shape index (κ2) is 2.57. The Morgan fingerprint density at radius 2 is 1.91 bits per heavy atom. The minimum absolute atomic E-state index is 0.115. The van der Waals surface area contributed by atoms with Gasteiger partial charge >= 0.3 is 0 Å². The first-order valence-corrected chi connectivity index (χ1v) is 3.82. The second-order valence-electron chi connectivity index (χ2n) is 2.75. The van der Waals surface area contributed by atoms with Crippen molar-refractivity contribution >= 4 is 0 Å². The number of nitrogens with zero attached hydrogens (tertiary/aromatic N) is 2. The Balaban J connectivity index is 3.48. The van der Waals surface area contributed by atoms with Crippen LogP contribution in [0.3, 0.4) is 0 Å². The van der Waals surface area contributed by atoms with E-state index >= 15 is 0 Å². The van der Waals surface area contributed by atoms with Crippen molar-refractivity contribution in [2.24, 2.45) is 7.05 Å². The molecule has 0 aromatic carbocycles. The maximum atomic E-state index is 11.3. The Hall–Kier alpha value is -0.990. The molecule has 3 nitrogen and oxygen atoms in total. The molecular weight excluding hydrogens is 140 g/mol. The number of aromatic nitrogens is 2. The molecule has 0 aliphatic carbocycles. The summed E-state index contributed by atoms with van der Waals surface area (Å²) in [7, 11) is 1.80. The summed E-state index contributed by atoms with van der Waals surface area (Å²) in [6, 6.07) is 0. The summed E-state index contributed by atoms with van der Waals surface area (Å²) in [5.41, 5.74) is 2.04. The highest BCUT2D eigenvalue weighted by Gasteiger charge is 2.07. The summed E-state index contributed by atoms with van der Waals surface area (Å²) in [6.07, 6.45) is 0.